The summed E-state index contributed by atoms with van der Waals surface area (Å²) in [6.07, 6.45) is 5.74. The van der Waals surface area contributed by atoms with Crippen LogP contribution in [0, 0.1) is 24.2 Å². The minimum Gasteiger partial charge on any atom is -0.373 e. The van der Waals surface area contributed by atoms with Gasteiger partial charge in [0.2, 0.25) is 0 Å². The van der Waals surface area contributed by atoms with E-state index < -0.39 is 0 Å². The number of hydrogen-bond acceptors (Lipinski definition) is 3. The zero-order chi connectivity index (χ0) is 20.4. The van der Waals surface area contributed by atoms with Crippen LogP contribution in [0.15, 0.2) is 42.6 Å². The van der Waals surface area contributed by atoms with Crippen LogP contribution in [-0.4, -0.2) is 29.6 Å². The minimum absolute atomic E-state index is 0.161. The summed E-state index contributed by atoms with van der Waals surface area (Å²) in [5.74, 6) is 1.12. The van der Waals surface area contributed by atoms with Crippen molar-refractivity contribution in [3.63, 3.8) is 0 Å². The Balaban J connectivity index is 1.42. The Labute approximate surface area is 180 Å². The first-order chi connectivity index (χ1) is 14.0. The second-order valence-corrected chi connectivity index (χ2v) is 9.88. The molecule has 2 aliphatic heterocycles. The van der Waals surface area contributed by atoms with Gasteiger partial charge in [-0.1, -0.05) is 43.6 Å². The summed E-state index contributed by atoms with van der Waals surface area (Å²) in [7, 11) is 0. The molecule has 156 valence electrons. The largest absolute Gasteiger partial charge is 0.373 e. The highest BCUT2D eigenvalue weighted by Gasteiger charge is 2.44. The third kappa shape index (κ3) is 4.68. The van der Waals surface area contributed by atoms with E-state index in [0.29, 0.717) is 17.3 Å². The van der Waals surface area contributed by atoms with Crippen LogP contribution >= 0.6 is 11.6 Å². The zero-order valence-electron chi connectivity index (χ0n) is 17.9. The molecule has 1 spiro atoms. The average molecular weight is 413 g/mol. The molecule has 2 aliphatic rings. The van der Waals surface area contributed by atoms with Crippen LogP contribution in [0.1, 0.15) is 56.0 Å². The van der Waals surface area contributed by atoms with E-state index in [2.05, 4.69) is 48.9 Å². The van der Waals surface area contributed by atoms with Gasteiger partial charge >= 0.3 is 0 Å². The van der Waals surface area contributed by atoms with Gasteiger partial charge < -0.3 is 4.74 Å². The van der Waals surface area contributed by atoms with Crippen LogP contribution in [0.4, 0.5) is 0 Å². The molecule has 1 aromatic carbocycles. The van der Waals surface area contributed by atoms with E-state index in [4.69, 9.17) is 16.3 Å². The van der Waals surface area contributed by atoms with E-state index in [0.717, 1.165) is 31.3 Å². The molecule has 0 aliphatic carbocycles. The van der Waals surface area contributed by atoms with Crippen LogP contribution in [0.5, 0.6) is 0 Å². The van der Waals surface area contributed by atoms with Gasteiger partial charge in [-0.3, -0.25) is 9.88 Å². The summed E-state index contributed by atoms with van der Waals surface area (Å²) in [5.41, 5.74) is 4.05. The zero-order valence-corrected chi connectivity index (χ0v) is 18.7. The van der Waals surface area contributed by atoms with Crippen molar-refractivity contribution < 1.29 is 4.74 Å². The summed E-state index contributed by atoms with van der Waals surface area (Å²) >= 11 is 6.26. The molecule has 0 saturated carbocycles. The highest BCUT2D eigenvalue weighted by Crippen LogP contribution is 2.50. The van der Waals surface area contributed by atoms with Crippen molar-refractivity contribution in [1.82, 2.24) is 9.88 Å². The van der Waals surface area contributed by atoms with Gasteiger partial charge in [-0.05, 0) is 85.9 Å². The summed E-state index contributed by atoms with van der Waals surface area (Å²) in [6, 6.07) is 12.4. The monoisotopic (exact) mass is 412 g/mol. The number of likely N-dealkylation sites (tertiary alicyclic amines) is 1. The van der Waals surface area contributed by atoms with Gasteiger partial charge in [0.05, 0.1) is 18.4 Å². The van der Waals surface area contributed by atoms with E-state index in [1.807, 2.05) is 24.4 Å². The summed E-state index contributed by atoms with van der Waals surface area (Å²) in [5, 5.41) is 0.798. The Bertz CT molecular complexity index is 829. The van der Waals surface area contributed by atoms with Gasteiger partial charge in [-0.2, -0.15) is 0 Å². The Morgan fingerprint density at radius 2 is 2.00 bits per heavy atom. The van der Waals surface area contributed by atoms with Gasteiger partial charge in [0.1, 0.15) is 0 Å². The van der Waals surface area contributed by atoms with Crippen LogP contribution in [0.2, 0.25) is 5.02 Å². The molecule has 29 heavy (non-hydrogen) atoms. The lowest BCUT2D eigenvalue weighted by Gasteiger charge is -2.50. The predicted octanol–water partition coefficient (Wildman–Crippen LogP) is 6.06. The van der Waals surface area contributed by atoms with Gasteiger partial charge in [0.25, 0.3) is 0 Å². The number of nitrogens with zero attached hydrogens (tertiary/aromatic N) is 2. The minimum atomic E-state index is 0.161. The highest BCUT2D eigenvalue weighted by atomic mass is 35.5. The second-order valence-electron chi connectivity index (χ2n) is 9.44. The quantitative estimate of drug-likeness (QED) is 0.610. The Hall–Kier alpha value is -1.42. The summed E-state index contributed by atoms with van der Waals surface area (Å²) in [6.45, 7) is 10.9. The van der Waals surface area contributed by atoms with Gasteiger partial charge in [0, 0.05) is 17.8 Å². The first kappa shape index (κ1) is 20.8. The van der Waals surface area contributed by atoms with Gasteiger partial charge in [-0.25, -0.2) is 0 Å². The number of rotatable bonds is 4. The molecule has 3 nitrogen and oxygen atoms in total. The van der Waals surface area contributed by atoms with Crippen molar-refractivity contribution in [2.24, 2.45) is 17.3 Å². The summed E-state index contributed by atoms with van der Waals surface area (Å²) in [4.78, 5) is 7.15. The molecule has 4 heteroatoms. The molecular weight excluding hydrogens is 380 g/mol. The van der Waals surface area contributed by atoms with Gasteiger partial charge in [0.15, 0.2) is 0 Å². The average Bonchev–Trinajstić information content (AvgIpc) is 2.71. The number of piperidine rings is 1. The topological polar surface area (TPSA) is 25.4 Å². The molecule has 0 radical (unpaired) electrons. The van der Waals surface area contributed by atoms with E-state index in [9.17, 15) is 0 Å². The maximum absolute atomic E-state index is 6.57. The third-order valence-corrected chi connectivity index (χ3v) is 7.30. The van der Waals surface area contributed by atoms with Crippen molar-refractivity contribution >= 4 is 11.6 Å². The van der Waals surface area contributed by atoms with E-state index in [1.54, 1.807) is 0 Å². The Kier molecular flexibility index (Phi) is 6.29. The van der Waals surface area contributed by atoms with Crippen LogP contribution < -0.4 is 0 Å². The van der Waals surface area contributed by atoms with E-state index in [1.165, 1.54) is 36.1 Å². The molecule has 0 N–H and O–H groups in total. The number of benzene rings is 1. The lowest BCUT2D eigenvalue weighted by Crippen LogP contribution is -2.47. The molecule has 0 unspecified atom stereocenters. The fourth-order valence-electron chi connectivity index (χ4n) is 5.10. The number of halogens is 1. The third-order valence-electron chi connectivity index (χ3n) is 7.07. The van der Waals surface area contributed by atoms with Crippen LogP contribution in [-0.2, 0) is 11.3 Å². The molecular formula is C25H33ClN2O. The van der Waals surface area contributed by atoms with Crippen molar-refractivity contribution in [2.45, 2.75) is 52.7 Å². The first-order valence-corrected chi connectivity index (χ1v) is 11.3. The standard InChI is InChI=1S/C25H33ClN2O/c1-18(2)22-15-25(17-29-24(22)20-7-4-8-21(26)14-20)9-12-28(13-10-25)16-23-19(3)6-5-11-27-23/h4-8,11,14,18,22,24H,9-10,12-13,15-17H2,1-3H3/t22-,24-/m0/s1. The maximum Gasteiger partial charge on any atom is 0.0856 e. The fourth-order valence-corrected chi connectivity index (χ4v) is 5.30. The summed E-state index contributed by atoms with van der Waals surface area (Å²) < 4.78 is 6.57. The molecule has 4 rings (SSSR count). The number of hydrogen-bond donors (Lipinski definition) is 0. The maximum atomic E-state index is 6.57. The number of ether oxygens (including phenoxy) is 1. The van der Waals surface area contributed by atoms with Crippen molar-refractivity contribution in [3.05, 3.63) is 64.4 Å². The molecule has 2 aromatic rings. The van der Waals surface area contributed by atoms with Crippen molar-refractivity contribution in [2.75, 3.05) is 19.7 Å². The molecule has 2 saturated heterocycles. The van der Waals surface area contributed by atoms with E-state index >= 15 is 0 Å². The molecule has 0 bridgehead atoms. The second kappa shape index (κ2) is 8.75. The molecule has 2 atom stereocenters. The SMILES string of the molecule is Cc1cccnc1CN1CCC2(CC1)CO[C@@H](c1cccc(Cl)c1)[C@H](C(C)C)C2. The smallest absolute Gasteiger partial charge is 0.0856 e. The lowest BCUT2D eigenvalue weighted by atomic mass is 9.66. The number of pyridine rings is 1. The highest BCUT2D eigenvalue weighted by molar-refractivity contribution is 6.30. The molecule has 0 amide bonds. The van der Waals surface area contributed by atoms with Gasteiger partial charge in [-0.15, -0.1) is 0 Å². The Morgan fingerprint density at radius 1 is 1.21 bits per heavy atom. The van der Waals surface area contributed by atoms with Crippen LogP contribution in [0.3, 0.4) is 0 Å². The fraction of sp³-hybridized carbons (Fsp3) is 0.560. The van der Waals surface area contributed by atoms with Crippen molar-refractivity contribution in [3.8, 4) is 0 Å². The molecule has 3 heterocycles. The molecule has 1 aromatic heterocycles. The van der Waals surface area contributed by atoms with E-state index in [-0.39, 0.29) is 6.10 Å². The van der Waals surface area contributed by atoms with Crippen molar-refractivity contribution in [1.29, 1.82) is 0 Å². The lowest BCUT2D eigenvalue weighted by molar-refractivity contribution is -0.131. The predicted molar refractivity (Wildman–Crippen MR) is 119 cm³/mol. The first-order valence-electron chi connectivity index (χ1n) is 11.0. The number of aromatic nitrogens is 1. The number of aryl methyl sites for hydroxylation is 1. The normalized spacial score (nSPS) is 24.9. The molecule has 2 fully saturated rings. The van der Waals surface area contributed by atoms with Crippen LogP contribution in [0.25, 0.3) is 0 Å². The Morgan fingerprint density at radius 3 is 2.69 bits per heavy atom.